The molecule has 5 heteroatoms. The first-order chi connectivity index (χ1) is 8.15. The fraction of sp³-hybridized carbons (Fsp3) is 0.0833. The van der Waals surface area contributed by atoms with Gasteiger partial charge in [-0.05, 0) is 11.6 Å². The lowest BCUT2D eigenvalue weighted by atomic mass is 10.2. The molecule has 0 aliphatic rings. The third-order valence-electron chi connectivity index (χ3n) is 1.97. The van der Waals surface area contributed by atoms with Gasteiger partial charge in [0.15, 0.2) is 0 Å². The van der Waals surface area contributed by atoms with Gasteiger partial charge in [-0.15, -0.1) is 0 Å². The first kappa shape index (κ1) is 12.6. The molecular formula is C12H11NO4. The average molecular weight is 233 g/mol. The Balaban J connectivity index is 2.73. The number of benzene rings is 1. The molecule has 1 N–H and O–H groups in total. The van der Waals surface area contributed by atoms with Gasteiger partial charge >= 0.3 is 6.09 Å². The highest BCUT2D eigenvalue weighted by Gasteiger charge is 2.16. The van der Waals surface area contributed by atoms with Crippen LogP contribution >= 0.6 is 0 Å². The minimum atomic E-state index is -1.44. The summed E-state index contributed by atoms with van der Waals surface area (Å²) in [5.74, 6) is -0.742. The predicted octanol–water partition coefficient (Wildman–Crippen LogP) is 1.41. The van der Waals surface area contributed by atoms with Gasteiger partial charge in [-0.25, -0.2) is 9.69 Å². The molecule has 1 rings (SSSR count). The van der Waals surface area contributed by atoms with Crippen molar-refractivity contribution in [3.63, 3.8) is 0 Å². The number of amides is 2. The van der Waals surface area contributed by atoms with Gasteiger partial charge in [-0.3, -0.25) is 4.79 Å². The fourth-order valence-corrected chi connectivity index (χ4v) is 1.16. The molecule has 0 aromatic heterocycles. The Morgan fingerprint density at radius 3 is 2.41 bits per heavy atom. The Morgan fingerprint density at radius 2 is 1.88 bits per heavy atom. The van der Waals surface area contributed by atoms with Gasteiger partial charge in [0, 0.05) is 6.08 Å². The van der Waals surface area contributed by atoms with Crippen LogP contribution < -0.4 is 0 Å². The van der Waals surface area contributed by atoms with Crippen molar-refractivity contribution in [3.8, 4) is 0 Å². The van der Waals surface area contributed by atoms with Crippen LogP contribution in [-0.4, -0.2) is 34.8 Å². The number of imide groups is 1. The minimum Gasteiger partial charge on any atom is -0.465 e. The van der Waals surface area contributed by atoms with Crippen LogP contribution in [-0.2, 0) is 9.59 Å². The molecule has 88 valence electrons. The zero-order chi connectivity index (χ0) is 12.7. The second-order valence-electron chi connectivity index (χ2n) is 3.14. The quantitative estimate of drug-likeness (QED) is 0.630. The largest absolute Gasteiger partial charge is 0.465 e. The molecule has 2 amide bonds. The summed E-state index contributed by atoms with van der Waals surface area (Å²) in [5.41, 5.74) is 0.775. The monoisotopic (exact) mass is 233 g/mol. The minimum absolute atomic E-state index is 0.363. The van der Waals surface area contributed by atoms with Crippen LogP contribution in [0.3, 0.4) is 0 Å². The van der Waals surface area contributed by atoms with Gasteiger partial charge in [-0.1, -0.05) is 30.3 Å². The summed E-state index contributed by atoms with van der Waals surface area (Å²) in [5, 5.41) is 8.68. The maximum atomic E-state index is 11.4. The second kappa shape index (κ2) is 6.22. The molecule has 0 aliphatic carbocycles. The van der Waals surface area contributed by atoms with Crippen molar-refractivity contribution in [1.82, 2.24) is 4.90 Å². The van der Waals surface area contributed by atoms with Crippen molar-refractivity contribution < 1.29 is 19.5 Å². The average Bonchev–Trinajstić information content (AvgIpc) is 2.34. The third-order valence-corrected chi connectivity index (χ3v) is 1.97. The highest BCUT2D eigenvalue weighted by atomic mass is 16.4. The molecule has 0 bridgehead atoms. The maximum absolute atomic E-state index is 11.4. The van der Waals surface area contributed by atoms with E-state index >= 15 is 0 Å². The number of carboxylic acid groups (broad SMARTS) is 1. The van der Waals surface area contributed by atoms with Crippen LogP contribution in [0, 0.1) is 0 Å². The van der Waals surface area contributed by atoms with Crippen LogP contribution in [0.4, 0.5) is 4.79 Å². The van der Waals surface area contributed by atoms with Crippen molar-refractivity contribution in [2.75, 3.05) is 6.54 Å². The lowest BCUT2D eigenvalue weighted by Gasteiger charge is -2.10. The summed E-state index contributed by atoms with van der Waals surface area (Å²) in [6.07, 6.45) is 1.53. The molecule has 0 aliphatic heterocycles. The topological polar surface area (TPSA) is 74.7 Å². The van der Waals surface area contributed by atoms with E-state index in [2.05, 4.69) is 0 Å². The Kier molecular flexibility index (Phi) is 4.62. The molecule has 0 fully saturated rings. The summed E-state index contributed by atoms with van der Waals surface area (Å²) in [4.78, 5) is 32.8. The number of rotatable bonds is 4. The van der Waals surface area contributed by atoms with E-state index in [9.17, 15) is 14.4 Å². The molecule has 0 spiro atoms. The number of hydrogen-bond acceptors (Lipinski definition) is 3. The molecule has 1 aromatic carbocycles. The van der Waals surface area contributed by atoms with E-state index < -0.39 is 18.5 Å². The molecule has 17 heavy (non-hydrogen) atoms. The number of carbonyl (C=O) groups is 3. The predicted molar refractivity (Wildman–Crippen MR) is 61.3 cm³/mol. The molecule has 0 atom stereocenters. The van der Waals surface area contributed by atoms with E-state index in [0.717, 1.165) is 11.6 Å². The van der Waals surface area contributed by atoms with E-state index in [0.29, 0.717) is 11.2 Å². The second-order valence-corrected chi connectivity index (χ2v) is 3.14. The highest BCUT2D eigenvalue weighted by Crippen LogP contribution is 2.02. The van der Waals surface area contributed by atoms with Gasteiger partial charge in [0.25, 0.3) is 5.91 Å². The molecule has 0 heterocycles. The number of hydrogen-bond donors (Lipinski definition) is 1. The number of aldehydes is 1. The zero-order valence-corrected chi connectivity index (χ0v) is 8.95. The number of carbonyl (C=O) groups excluding carboxylic acids is 2. The van der Waals surface area contributed by atoms with E-state index in [1.807, 2.05) is 6.07 Å². The lowest BCUT2D eigenvalue weighted by molar-refractivity contribution is -0.126. The van der Waals surface area contributed by atoms with Crippen molar-refractivity contribution >= 4 is 24.4 Å². The Hall–Kier alpha value is -2.43. The highest BCUT2D eigenvalue weighted by molar-refractivity contribution is 6.01. The first-order valence-electron chi connectivity index (χ1n) is 4.86. The van der Waals surface area contributed by atoms with E-state index in [4.69, 9.17) is 5.11 Å². The van der Waals surface area contributed by atoms with Crippen LogP contribution in [0.15, 0.2) is 36.4 Å². The summed E-state index contributed by atoms with van der Waals surface area (Å²) < 4.78 is 0. The molecule has 0 saturated carbocycles. The van der Waals surface area contributed by atoms with Crippen molar-refractivity contribution in [2.45, 2.75) is 0 Å². The normalized spacial score (nSPS) is 10.1. The molecule has 0 radical (unpaired) electrons. The molecule has 1 aromatic rings. The summed E-state index contributed by atoms with van der Waals surface area (Å²) in [7, 11) is 0. The fourth-order valence-electron chi connectivity index (χ4n) is 1.16. The van der Waals surface area contributed by atoms with Gasteiger partial charge in [0.05, 0.1) is 6.54 Å². The van der Waals surface area contributed by atoms with Gasteiger partial charge < -0.3 is 9.90 Å². The molecular weight excluding hydrogens is 222 g/mol. The van der Waals surface area contributed by atoms with Crippen LogP contribution in [0.2, 0.25) is 0 Å². The number of nitrogens with zero attached hydrogens (tertiary/aromatic N) is 1. The summed E-state index contributed by atoms with van der Waals surface area (Å²) in [6, 6.07) is 8.97. The maximum Gasteiger partial charge on any atom is 0.414 e. The smallest absolute Gasteiger partial charge is 0.414 e. The van der Waals surface area contributed by atoms with E-state index in [1.165, 1.54) is 6.08 Å². The SMILES string of the molecule is O=CCN(C(=O)O)C(=O)/C=C/c1ccccc1. The van der Waals surface area contributed by atoms with Crippen molar-refractivity contribution in [3.05, 3.63) is 42.0 Å². The Labute approximate surface area is 98.0 Å². The first-order valence-corrected chi connectivity index (χ1v) is 4.86. The van der Waals surface area contributed by atoms with Crippen molar-refractivity contribution in [1.29, 1.82) is 0 Å². The van der Waals surface area contributed by atoms with Gasteiger partial charge in [-0.2, -0.15) is 0 Å². The zero-order valence-electron chi connectivity index (χ0n) is 8.95. The van der Waals surface area contributed by atoms with E-state index in [1.54, 1.807) is 24.3 Å². The Morgan fingerprint density at radius 1 is 1.24 bits per heavy atom. The standard InChI is InChI=1S/C12H11NO4/c14-9-8-13(12(16)17)11(15)7-6-10-4-2-1-3-5-10/h1-7,9H,8H2,(H,16,17)/b7-6+. The van der Waals surface area contributed by atoms with Gasteiger partial charge in [0.1, 0.15) is 6.29 Å². The molecule has 5 nitrogen and oxygen atoms in total. The van der Waals surface area contributed by atoms with Crippen LogP contribution in [0.25, 0.3) is 6.08 Å². The third kappa shape index (κ3) is 3.90. The van der Waals surface area contributed by atoms with Crippen LogP contribution in [0.1, 0.15) is 5.56 Å². The summed E-state index contributed by atoms with van der Waals surface area (Å²) in [6.45, 7) is -0.465. The Bertz CT molecular complexity index is 439. The van der Waals surface area contributed by atoms with Crippen molar-refractivity contribution in [2.24, 2.45) is 0 Å². The molecule has 0 unspecified atom stereocenters. The lowest BCUT2D eigenvalue weighted by Crippen LogP contribution is -2.35. The molecule has 0 saturated heterocycles. The van der Waals surface area contributed by atoms with Gasteiger partial charge in [0.2, 0.25) is 0 Å². The summed E-state index contributed by atoms with van der Waals surface area (Å²) >= 11 is 0. The van der Waals surface area contributed by atoms with E-state index in [-0.39, 0.29) is 0 Å². The van der Waals surface area contributed by atoms with Crippen LogP contribution in [0.5, 0.6) is 0 Å².